The molecular formula is C12H24F3NO3S. The average Bonchev–Trinajstić information content (AvgIpc) is 2.73. The average molecular weight is 319 g/mol. The van der Waals surface area contributed by atoms with E-state index in [1.165, 1.54) is 51.7 Å². The monoisotopic (exact) mass is 319 g/mol. The Labute approximate surface area is 119 Å². The SMILES string of the molecule is CCCC[NH+]1CCC(CCC)C1.O=S(=O)([O-])C(F)(F)F. The Balaban J connectivity index is 0.000000396. The van der Waals surface area contributed by atoms with E-state index in [1.54, 1.807) is 0 Å². The predicted molar refractivity (Wildman–Crippen MR) is 69.2 cm³/mol. The lowest BCUT2D eigenvalue weighted by Gasteiger charge is -2.12. The van der Waals surface area contributed by atoms with Crippen LogP contribution in [0.2, 0.25) is 0 Å². The largest absolute Gasteiger partial charge is 0.741 e. The topological polar surface area (TPSA) is 61.6 Å². The molecule has 0 bridgehead atoms. The van der Waals surface area contributed by atoms with Gasteiger partial charge in [0.2, 0.25) is 0 Å². The van der Waals surface area contributed by atoms with Crippen molar-refractivity contribution in [2.75, 3.05) is 19.6 Å². The molecule has 2 unspecified atom stereocenters. The van der Waals surface area contributed by atoms with Gasteiger partial charge in [0.15, 0.2) is 10.1 Å². The molecule has 4 nitrogen and oxygen atoms in total. The van der Waals surface area contributed by atoms with Crippen molar-refractivity contribution < 1.29 is 31.0 Å². The summed E-state index contributed by atoms with van der Waals surface area (Å²) in [5.41, 5.74) is -5.65. The van der Waals surface area contributed by atoms with E-state index in [1.807, 2.05) is 4.90 Å². The molecule has 0 amide bonds. The van der Waals surface area contributed by atoms with E-state index < -0.39 is 15.6 Å². The number of halogens is 3. The standard InChI is InChI=1S/C11H23N.CHF3O3S/c1-3-5-8-12-9-7-11(10-12)6-4-2;2-1(3,4)8(5,6)7/h11H,3-10H2,1-2H3;(H,5,6,7). The van der Waals surface area contributed by atoms with Gasteiger partial charge in [-0.25, -0.2) is 8.42 Å². The lowest BCUT2D eigenvalue weighted by atomic mass is 10.0. The second-order valence-electron chi connectivity index (χ2n) is 5.15. The molecule has 1 aliphatic heterocycles. The van der Waals surface area contributed by atoms with Crippen LogP contribution in [-0.4, -0.2) is 38.1 Å². The molecule has 0 aliphatic carbocycles. The first-order valence-electron chi connectivity index (χ1n) is 6.97. The van der Waals surface area contributed by atoms with Crippen LogP contribution in [0.3, 0.4) is 0 Å². The van der Waals surface area contributed by atoms with Crippen molar-refractivity contribution in [2.45, 2.75) is 51.5 Å². The first kappa shape index (κ1) is 19.7. The maximum atomic E-state index is 10.7. The van der Waals surface area contributed by atoms with Crippen LogP contribution in [0, 0.1) is 5.92 Å². The van der Waals surface area contributed by atoms with Crippen molar-refractivity contribution in [1.29, 1.82) is 0 Å². The van der Waals surface area contributed by atoms with E-state index in [4.69, 9.17) is 13.0 Å². The van der Waals surface area contributed by atoms with Gasteiger partial charge in [0.05, 0.1) is 19.6 Å². The molecule has 0 aromatic rings. The number of rotatable bonds is 5. The van der Waals surface area contributed by atoms with Crippen molar-refractivity contribution in [3.63, 3.8) is 0 Å². The van der Waals surface area contributed by atoms with E-state index in [9.17, 15) is 13.2 Å². The minimum atomic E-state index is -6.09. The van der Waals surface area contributed by atoms with Crippen LogP contribution in [0.25, 0.3) is 0 Å². The highest BCUT2D eigenvalue weighted by atomic mass is 32.2. The predicted octanol–water partition coefficient (Wildman–Crippen LogP) is 1.54. The van der Waals surface area contributed by atoms with Gasteiger partial charge in [-0.05, 0) is 12.8 Å². The Morgan fingerprint density at radius 1 is 1.25 bits per heavy atom. The molecule has 0 spiro atoms. The molecule has 0 radical (unpaired) electrons. The van der Waals surface area contributed by atoms with E-state index in [-0.39, 0.29) is 0 Å². The summed E-state index contributed by atoms with van der Waals surface area (Å²) in [4.78, 5) is 1.87. The number of hydrogen-bond donors (Lipinski definition) is 1. The van der Waals surface area contributed by atoms with Crippen molar-refractivity contribution in [2.24, 2.45) is 5.92 Å². The molecule has 0 aromatic heterocycles. The molecule has 1 saturated heterocycles. The third-order valence-corrected chi connectivity index (χ3v) is 3.91. The Morgan fingerprint density at radius 3 is 2.20 bits per heavy atom. The highest BCUT2D eigenvalue weighted by Gasteiger charge is 2.36. The van der Waals surface area contributed by atoms with Crippen LogP contribution in [0.1, 0.15) is 46.0 Å². The minimum absolute atomic E-state index is 1.06. The third kappa shape index (κ3) is 8.06. The Bertz CT molecular complexity index is 357. The molecule has 20 heavy (non-hydrogen) atoms. The zero-order valence-electron chi connectivity index (χ0n) is 12.0. The van der Waals surface area contributed by atoms with Crippen molar-refractivity contribution in [3.05, 3.63) is 0 Å². The first-order chi connectivity index (χ1) is 9.11. The summed E-state index contributed by atoms with van der Waals surface area (Å²) < 4.78 is 58.9. The van der Waals surface area contributed by atoms with Crippen molar-refractivity contribution in [3.8, 4) is 0 Å². The molecular weight excluding hydrogens is 295 g/mol. The summed E-state index contributed by atoms with van der Waals surface area (Å²) in [6, 6.07) is 0. The minimum Gasteiger partial charge on any atom is -0.741 e. The summed E-state index contributed by atoms with van der Waals surface area (Å²) in [5, 5.41) is 0. The fourth-order valence-electron chi connectivity index (χ4n) is 2.33. The lowest BCUT2D eigenvalue weighted by Crippen LogP contribution is -3.10. The molecule has 122 valence electrons. The van der Waals surface area contributed by atoms with Crippen LogP contribution in [-0.2, 0) is 10.1 Å². The molecule has 1 fully saturated rings. The number of likely N-dealkylation sites (tertiary alicyclic amines) is 1. The van der Waals surface area contributed by atoms with Gasteiger partial charge in [-0.3, -0.25) is 0 Å². The van der Waals surface area contributed by atoms with E-state index in [2.05, 4.69) is 13.8 Å². The van der Waals surface area contributed by atoms with Crippen LogP contribution in [0.15, 0.2) is 0 Å². The normalized spacial score (nSPS) is 23.3. The van der Waals surface area contributed by atoms with E-state index in [0.717, 1.165) is 5.92 Å². The van der Waals surface area contributed by atoms with Crippen LogP contribution in [0.4, 0.5) is 13.2 Å². The lowest BCUT2D eigenvalue weighted by molar-refractivity contribution is -0.889. The smallest absolute Gasteiger partial charge is 0.485 e. The maximum absolute atomic E-state index is 10.7. The zero-order valence-corrected chi connectivity index (χ0v) is 12.8. The molecule has 2 atom stereocenters. The number of nitrogens with one attached hydrogen (secondary N) is 1. The highest BCUT2D eigenvalue weighted by Crippen LogP contribution is 2.20. The zero-order chi connectivity index (χ0) is 15.8. The quantitative estimate of drug-likeness (QED) is 0.618. The van der Waals surface area contributed by atoms with Gasteiger partial charge in [-0.15, -0.1) is 0 Å². The van der Waals surface area contributed by atoms with Gasteiger partial charge >= 0.3 is 5.51 Å². The van der Waals surface area contributed by atoms with Crippen LogP contribution >= 0.6 is 0 Å². The van der Waals surface area contributed by atoms with E-state index in [0.29, 0.717) is 0 Å². The van der Waals surface area contributed by atoms with Gasteiger partial charge in [0.1, 0.15) is 0 Å². The molecule has 1 N–H and O–H groups in total. The summed E-state index contributed by atoms with van der Waals surface area (Å²) in [6.07, 6.45) is 7.13. The summed E-state index contributed by atoms with van der Waals surface area (Å²) in [5.74, 6) is 1.06. The highest BCUT2D eigenvalue weighted by molar-refractivity contribution is 7.86. The van der Waals surface area contributed by atoms with Gasteiger partial charge in [0, 0.05) is 12.3 Å². The van der Waals surface area contributed by atoms with Crippen LogP contribution < -0.4 is 4.90 Å². The number of unbranched alkanes of at least 4 members (excludes halogenated alkanes) is 1. The fourth-order valence-corrected chi connectivity index (χ4v) is 2.33. The molecule has 0 aromatic carbocycles. The first-order valence-corrected chi connectivity index (χ1v) is 8.38. The number of hydrogen-bond acceptors (Lipinski definition) is 3. The number of alkyl halides is 3. The summed E-state index contributed by atoms with van der Waals surface area (Å²) in [7, 11) is -6.09. The van der Waals surface area contributed by atoms with Crippen molar-refractivity contribution >= 4 is 10.1 Å². The Hall–Kier alpha value is -0.340. The van der Waals surface area contributed by atoms with Gasteiger partial charge < -0.3 is 9.45 Å². The second kappa shape index (κ2) is 8.84. The number of quaternary nitrogens is 1. The Morgan fingerprint density at radius 2 is 1.80 bits per heavy atom. The summed E-state index contributed by atoms with van der Waals surface area (Å²) >= 11 is 0. The molecule has 1 rings (SSSR count). The Kier molecular flexibility index (Phi) is 8.69. The molecule has 0 saturated carbocycles. The molecule has 8 heteroatoms. The van der Waals surface area contributed by atoms with Gasteiger partial charge in [0.25, 0.3) is 0 Å². The fraction of sp³-hybridized carbons (Fsp3) is 1.00. The summed E-state index contributed by atoms with van der Waals surface area (Å²) in [6.45, 7) is 8.94. The van der Waals surface area contributed by atoms with Gasteiger partial charge in [-0.1, -0.05) is 26.7 Å². The van der Waals surface area contributed by atoms with Gasteiger partial charge in [-0.2, -0.15) is 13.2 Å². The van der Waals surface area contributed by atoms with Crippen molar-refractivity contribution in [1.82, 2.24) is 0 Å². The molecule has 1 aliphatic rings. The van der Waals surface area contributed by atoms with Crippen LogP contribution in [0.5, 0.6) is 0 Å². The maximum Gasteiger partial charge on any atom is 0.485 e. The second-order valence-corrected chi connectivity index (χ2v) is 6.52. The van der Waals surface area contributed by atoms with E-state index >= 15 is 0 Å². The third-order valence-electron chi connectivity index (χ3n) is 3.35. The molecule has 1 heterocycles.